The molecule has 6 aromatic rings. The largest absolute Gasteiger partial charge is 0.324 e. The van der Waals surface area contributed by atoms with E-state index in [-0.39, 0.29) is 17.6 Å². The molecule has 5 heterocycles. The fourth-order valence-electron chi connectivity index (χ4n) is 4.71. The Balaban J connectivity index is 1.27. The second-order valence-corrected chi connectivity index (χ2v) is 9.37. The lowest BCUT2D eigenvalue weighted by Gasteiger charge is -2.24. The lowest BCUT2D eigenvalue weighted by Crippen LogP contribution is -2.28. The minimum absolute atomic E-state index is 0.0315. The first-order valence-electron chi connectivity index (χ1n) is 12.4. The van der Waals surface area contributed by atoms with Crippen LogP contribution in [0.3, 0.4) is 0 Å². The van der Waals surface area contributed by atoms with E-state index < -0.39 is 0 Å². The lowest BCUT2D eigenvalue weighted by molar-refractivity contribution is -0.122. The summed E-state index contributed by atoms with van der Waals surface area (Å²) >= 11 is 0. The fourth-order valence-corrected chi connectivity index (χ4v) is 4.71. The predicted octanol–water partition coefficient (Wildman–Crippen LogP) is 5.50. The molecule has 0 spiro atoms. The molecule has 0 unspecified atom stereocenters. The average Bonchev–Trinajstić information content (AvgIpc) is 3.52. The van der Waals surface area contributed by atoms with E-state index in [1.807, 2.05) is 18.2 Å². The summed E-state index contributed by atoms with van der Waals surface area (Å²) in [6, 6.07) is 13.9. The van der Waals surface area contributed by atoms with Crippen molar-refractivity contribution in [3.8, 4) is 33.9 Å². The first kappa shape index (κ1) is 22.2. The van der Waals surface area contributed by atoms with Crippen LogP contribution in [0.5, 0.6) is 0 Å². The number of rotatable bonds is 5. The molecule has 1 aliphatic rings. The van der Waals surface area contributed by atoms with Crippen molar-refractivity contribution in [3.05, 3.63) is 72.9 Å². The van der Waals surface area contributed by atoms with Gasteiger partial charge in [0.25, 0.3) is 0 Å². The van der Waals surface area contributed by atoms with Crippen molar-refractivity contribution in [2.45, 2.75) is 19.3 Å². The van der Waals surface area contributed by atoms with Gasteiger partial charge in [-0.2, -0.15) is 5.10 Å². The van der Waals surface area contributed by atoms with Crippen LogP contribution >= 0.6 is 0 Å². The highest BCUT2D eigenvalue weighted by molar-refractivity contribution is 5.96. The molecule has 186 valence electrons. The van der Waals surface area contributed by atoms with Gasteiger partial charge in [0.1, 0.15) is 16.9 Å². The Morgan fingerprint density at radius 3 is 2.74 bits per heavy atom. The molecule has 1 aromatic carbocycles. The van der Waals surface area contributed by atoms with Crippen molar-refractivity contribution in [3.63, 3.8) is 0 Å². The number of aromatic nitrogens is 7. The number of nitrogens with one attached hydrogen (secondary N) is 3. The molecule has 1 aliphatic carbocycles. The van der Waals surface area contributed by atoms with Crippen molar-refractivity contribution in [2.75, 3.05) is 5.32 Å². The summed E-state index contributed by atoms with van der Waals surface area (Å²) in [5.74, 6) is 0.246. The number of hydrogen-bond donors (Lipinski definition) is 3. The van der Waals surface area contributed by atoms with E-state index in [9.17, 15) is 9.18 Å². The van der Waals surface area contributed by atoms with Crippen molar-refractivity contribution in [2.24, 2.45) is 5.92 Å². The van der Waals surface area contributed by atoms with Crippen LogP contribution in [0.15, 0.2) is 67.1 Å². The summed E-state index contributed by atoms with van der Waals surface area (Å²) in [4.78, 5) is 33.9. The van der Waals surface area contributed by atoms with E-state index >= 15 is 0 Å². The number of halogens is 1. The first-order valence-corrected chi connectivity index (χ1v) is 12.4. The number of H-pyrrole nitrogens is 2. The van der Waals surface area contributed by atoms with Crippen molar-refractivity contribution in [1.29, 1.82) is 0 Å². The van der Waals surface area contributed by atoms with Gasteiger partial charge in [-0.3, -0.25) is 14.9 Å². The smallest absolute Gasteiger partial charge is 0.227 e. The van der Waals surface area contributed by atoms with Gasteiger partial charge in [0, 0.05) is 35.0 Å². The van der Waals surface area contributed by atoms with E-state index in [1.54, 1.807) is 42.9 Å². The molecule has 9 nitrogen and oxygen atoms in total. The molecule has 0 radical (unpaired) electrons. The van der Waals surface area contributed by atoms with Crippen LogP contribution in [0.4, 0.5) is 10.1 Å². The quantitative estimate of drug-likeness (QED) is 0.285. The summed E-state index contributed by atoms with van der Waals surface area (Å²) in [6.07, 6.45) is 7.92. The molecule has 5 aromatic heterocycles. The standard InChI is InChI=1S/C28H21FN8O/c29-20-7-2-1-6-18(20)19-10-11-31-26-23(19)34-27(35-26)25-24-22(36-37-25)9-8-21(33-24)16-12-17(14-30-13-16)32-28(38)15-4-3-5-15/h1-2,6-15H,3-5H2,(H,32,38)(H,36,37)(H,31,34,35). The number of amides is 1. The maximum absolute atomic E-state index is 14.5. The van der Waals surface area contributed by atoms with Gasteiger partial charge in [-0.15, -0.1) is 0 Å². The first-order chi connectivity index (χ1) is 18.6. The van der Waals surface area contributed by atoms with Gasteiger partial charge in [0.05, 0.1) is 23.1 Å². The number of fused-ring (bicyclic) bond motifs is 2. The molecule has 10 heteroatoms. The zero-order chi connectivity index (χ0) is 25.6. The van der Waals surface area contributed by atoms with Gasteiger partial charge in [-0.05, 0) is 43.2 Å². The van der Waals surface area contributed by atoms with Gasteiger partial charge in [-0.1, -0.05) is 24.6 Å². The summed E-state index contributed by atoms with van der Waals surface area (Å²) < 4.78 is 14.5. The van der Waals surface area contributed by atoms with Gasteiger partial charge in [0.2, 0.25) is 5.91 Å². The van der Waals surface area contributed by atoms with Crippen LogP contribution in [0.25, 0.3) is 56.1 Å². The Bertz CT molecular complexity index is 1840. The topological polar surface area (TPSA) is 125 Å². The van der Waals surface area contributed by atoms with E-state index in [0.717, 1.165) is 30.3 Å². The van der Waals surface area contributed by atoms with Gasteiger partial charge >= 0.3 is 0 Å². The summed E-state index contributed by atoms with van der Waals surface area (Å²) in [6.45, 7) is 0. The Labute approximate surface area is 215 Å². The third kappa shape index (κ3) is 3.78. The lowest BCUT2D eigenvalue weighted by atomic mass is 9.85. The van der Waals surface area contributed by atoms with Gasteiger partial charge in [0.15, 0.2) is 17.2 Å². The minimum Gasteiger partial charge on any atom is -0.324 e. The van der Waals surface area contributed by atoms with Crippen molar-refractivity contribution < 1.29 is 9.18 Å². The molecule has 0 atom stereocenters. The maximum Gasteiger partial charge on any atom is 0.227 e. The SMILES string of the molecule is O=C(Nc1cncc(-c2ccc3[nH]nc(-c4nc5c(-c6ccccc6F)ccnc5[nH]4)c3n2)c1)C1CCC1. The second kappa shape index (κ2) is 8.84. The Hall–Kier alpha value is -4.99. The molecule has 0 aliphatic heterocycles. The van der Waals surface area contributed by atoms with Crippen molar-refractivity contribution >= 4 is 33.8 Å². The monoisotopic (exact) mass is 504 g/mol. The molecule has 38 heavy (non-hydrogen) atoms. The second-order valence-electron chi connectivity index (χ2n) is 9.37. The highest BCUT2D eigenvalue weighted by atomic mass is 19.1. The third-order valence-corrected chi connectivity index (χ3v) is 6.96. The van der Waals surface area contributed by atoms with Gasteiger partial charge in [-0.25, -0.2) is 19.3 Å². The Morgan fingerprint density at radius 1 is 1.00 bits per heavy atom. The number of anilines is 1. The number of nitrogens with zero attached hydrogens (tertiary/aromatic N) is 5. The van der Waals surface area contributed by atoms with Crippen LogP contribution in [-0.2, 0) is 4.79 Å². The number of benzene rings is 1. The highest BCUT2D eigenvalue weighted by Gasteiger charge is 2.25. The van der Waals surface area contributed by atoms with Crippen LogP contribution in [-0.4, -0.2) is 41.0 Å². The summed E-state index contributed by atoms with van der Waals surface area (Å²) in [7, 11) is 0. The molecule has 7 rings (SSSR count). The number of carbonyl (C=O) groups excluding carboxylic acids is 1. The fraction of sp³-hybridized carbons (Fsp3) is 0.143. The number of aromatic amines is 2. The summed E-state index contributed by atoms with van der Waals surface area (Å²) in [5, 5.41) is 10.4. The summed E-state index contributed by atoms with van der Waals surface area (Å²) in [5.41, 5.74) is 6.07. The Morgan fingerprint density at radius 2 is 1.89 bits per heavy atom. The highest BCUT2D eigenvalue weighted by Crippen LogP contribution is 2.32. The molecule has 1 amide bonds. The minimum atomic E-state index is -0.333. The van der Waals surface area contributed by atoms with Gasteiger partial charge < -0.3 is 10.3 Å². The molecular weight excluding hydrogens is 483 g/mol. The third-order valence-electron chi connectivity index (χ3n) is 6.96. The van der Waals surface area contributed by atoms with E-state index in [1.165, 1.54) is 6.07 Å². The number of carbonyl (C=O) groups is 1. The van der Waals surface area contributed by atoms with Crippen LogP contribution in [0.2, 0.25) is 0 Å². The number of imidazole rings is 1. The molecule has 0 saturated heterocycles. The maximum atomic E-state index is 14.5. The molecular formula is C28H21FN8O. The van der Waals surface area contributed by atoms with Crippen LogP contribution in [0, 0.1) is 11.7 Å². The average molecular weight is 505 g/mol. The van der Waals surface area contributed by atoms with Crippen molar-refractivity contribution in [1.82, 2.24) is 35.1 Å². The predicted molar refractivity (Wildman–Crippen MR) is 141 cm³/mol. The molecule has 0 bridgehead atoms. The van der Waals surface area contributed by atoms with E-state index in [2.05, 4.69) is 30.5 Å². The van der Waals surface area contributed by atoms with Crippen LogP contribution in [0.1, 0.15) is 19.3 Å². The Kier molecular flexibility index (Phi) is 5.17. The van der Waals surface area contributed by atoms with E-state index in [4.69, 9.17) is 9.97 Å². The number of pyridine rings is 3. The molecule has 3 N–H and O–H groups in total. The zero-order valence-corrected chi connectivity index (χ0v) is 20.1. The molecule has 1 fully saturated rings. The van der Waals surface area contributed by atoms with E-state index in [0.29, 0.717) is 50.7 Å². The molecule has 1 saturated carbocycles. The van der Waals surface area contributed by atoms with Crippen LogP contribution < -0.4 is 5.32 Å². The number of hydrogen-bond acceptors (Lipinski definition) is 6. The zero-order valence-electron chi connectivity index (χ0n) is 20.1. The normalized spacial score (nSPS) is 13.6.